The number of ether oxygens (including phenoxy) is 1. The molecule has 0 radical (unpaired) electrons. The minimum Gasteiger partial charge on any atom is -0.458 e. The molecule has 1 N–H and O–H groups in total. The van der Waals surface area contributed by atoms with E-state index < -0.39 is 5.60 Å². The Bertz CT molecular complexity index is 946. The number of hydrogen-bond acceptors (Lipinski definition) is 5. The number of esters is 1. The highest BCUT2D eigenvalue weighted by Crippen LogP contribution is 2.51. The van der Waals surface area contributed by atoms with Gasteiger partial charge in [0.05, 0.1) is 15.6 Å². The lowest BCUT2D eigenvalue weighted by Crippen LogP contribution is -2.56. The monoisotopic (exact) mass is 522 g/mol. The SMILES string of the molecule is CC(=O)O[C@@H]1C[C@@]2(O)[C@H](C)CC[C@@H]([C@H](C)CN3CCN(Cc4ccc(Cl)c(Cl)c4)CC3)[C@H]2C=C1C. The van der Waals surface area contributed by atoms with Crippen LogP contribution in [0.2, 0.25) is 10.0 Å². The van der Waals surface area contributed by atoms with Crippen molar-refractivity contribution in [2.45, 2.75) is 65.2 Å². The van der Waals surface area contributed by atoms with Crippen LogP contribution in [-0.2, 0) is 16.1 Å². The fourth-order valence-electron chi connectivity index (χ4n) is 6.57. The lowest BCUT2D eigenvalue weighted by molar-refractivity contribution is -0.159. The minimum atomic E-state index is -0.810. The van der Waals surface area contributed by atoms with Crippen molar-refractivity contribution in [2.24, 2.45) is 23.7 Å². The third kappa shape index (κ3) is 6.07. The largest absolute Gasteiger partial charge is 0.458 e. The second-order valence-corrected chi connectivity index (χ2v) is 12.0. The smallest absolute Gasteiger partial charge is 0.303 e. The molecule has 4 rings (SSSR count). The van der Waals surface area contributed by atoms with Crippen molar-refractivity contribution >= 4 is 29.2 Å². The summed E-state index contributed by atoms with van der Waals surface area (Å²) in [5, 5.41) is 13.0. The standard InChI is InChI=1S/C28H40Cl2N2O3/c1-18-13-24-23(7-5-20(3)28(24,34)15-27(18)35-21(4)33)19(2)16-31-9-11-32(12-10-31)17-22-6-8-25(29)26(30)14-22/h6,8,13-14,19-20,23-24,27,34H,5,7,9-12,15-17H2,1-4H3/t19-,20-,23+,24-,27-,28-/m1/s1. The van der Waals surface area contributed by atoms with Gasteiger partial charge in [0, 0.05) is 58.5 Å². The summed E-state index contributed by atoms with van der Waals surface area (Å²) in [6.07, 6.45) is 4.57. The van der Waals surface area contributed by atoms with Crippen LogP contribution >= 0.6 is 23.2 Å². The maximum absolute atomic E-state index is 11.8. The Kier molecular flexibility index (Phi) is 8.54. The van der Waals surface area contributed by atoms with Crippen molar-refractivity contribution in [1.29, 1.82) is 0 Å². The van der Waals surface area contributed by atoms with Crippen LogP contribution in [0.1, 0.15) is 52.5 Å². The van der Waals surface area contributed by atoms with Crippen LogP contribution in [0.15, 0.2) is 29.8 Å². The Hall–Kier alpha value is -1.11. The van der Waals surface area contributed by atoms with Gasteiger partial charge >= 0.3 is 5.97 Å². The zero-order valence-corrected chi connectivity index (χ0v) is 23.0. The Balaban J connectivity index is 1.35. The summed E-state index contributed by atoms with van der Waals surface area (Å²) in [4.78, 5) is 16.7. The van der Waals surface area contributed by atoms with Gasteiger partial charge in [0.15, 0.2) is 0 Å². The maximum Gasteiger partial charge on any atom is 0.303 e. The Morgan fingerprint density at radius 3 is 2.51 bits per heavy atom. The summed E-state index contributed by atoms with van der Waals surface area (Å²) in [6.45, 7) is 14.1. The molecule has 0 spiro atoms. The van der Waals surface area contributed by atoms with E-state index in [1.807, 2.05) is 19.1 Å². The molecule has 1 aliphatic heterocycles. The van der Waals surface area contributed by atoms with E-state index in [0.29, 0.717) is 28.3 Å². The van der Waals surface area contributed by atoms with E-state index in [0.717, 1.165) is 57.7 Å². The van der Waals surface area contributed by atoms with Crippen LogP contribution < -0.4 is 0 Å². The second-order valence-electron chi connectivity index (χ2n) is 11.2. The summed E-state index contributed by atoms with van der Waals surface area (Å²) >= 11 is 12.2. The zero-order chi connectivity index (χ0) is 25.3. The number of carbonyl (C=O) groups excluding carboxylic acids is 1. The average molecular weight is 524 g/mol. The summed E-state index contributed by atoms with van der Waals surface area (Å²) in [7, 11) is 0. The molecule has 1 saturated heterocycles. The molecule has 7 heteroatoms. The van der Waals surface area contributed by atoms with Crippen molar-refractivity contribution < 1.29 is 14.6 Å². The fraction of sp³-hybridized carbons (Fsp3) is 0.679. The average Bonchev–Trinajstić information content (AvgIpc) is 2.79. The number of hydrogen-bond donors (Lipinski definition) is 1. The van der Waals surface area contributed by atoms with Crippen LogP contribution in [0.3, 0.4) is 0 Å². The molecule has 0 bridgehead atoms. The Morgan fingerprint density at radius 2 is 1.86 bits per heavy atom. The molecule has 1 aromatic carbocycles. The van der Waals surface area contributed by atoms with Gasteiger partial charge in [-0.3, -0.25) is 9.69 Å². The molecule has 6 atom stereocenters. The summed E-state index contributed by atoms with van der Waals surface area (Å²) < 4.78 is 5.55. The van der Waals surface area contributed by atoms with E-state index >= 15 is 0 Å². The number of rotatable bonds is 6. The zero-order valence-electron chi connectivity index (χ0n) is 21.5. The number of benzene rings is 1. The molecule has 2 aliphatic carbocycles. The van der Waals surface area contributed by atoms with E-state index in [9.17, 15) is 9.90 Å². The molecule has 194 valence electrons. The fourth-order valence-corrected chi connectivity index (χ4v) is 6.89. The molecule has 5 nitrogen and oxygen atoms in total. The van der Waals surface area contributed by atoms with Gasteiger partial charge < -0.3 is 14.7 Å². The van der Waals surface area contributed by atoms with Gasteiger partial charge in [0.1, 0.15) is 6.10 Å². The molecule has 1 aromatic rings. The first-order valence-electron chi connectivity index (χ1n) is 13.0. The molecule has 2 fully saturated rings. The highest BCUT2D eigenvalue weighted by atomic mass is 35.5. The van der Waals surface area contributed by atoms with E-state index in [1.54, 1.807) is 0 Å². The quantitative estimate of drug-likeness (QED) is 0.399. The van der Waals surface area contributed by atoms with Crippen LogP contribution in [-0.4, -0.2) is 65.3 Å². The molecular formula is C28H40Cl2N2O3. The van der Waals surface area contributed by atoms with Crippen LogP contribution in [0, 0.1) is 23.7 Å². The van der Waals surface area contributed by atoms with Crippen LogP contribution in [0.4, 0.5) is 0 Å². The van der Waals surface area contributed by atoms with Gasteiger partial charge in [-0.1, -0.05) is 49.2 Å². The first kappa shape index (κ1) is 26.9. The number of fused-ring (bicyclic) bond motifs is 1. The van der Waals surface area contributed by atoms with Gasteiger partial charge in [-0.15, -0.1) is 0 Å². The molecule has 1 saturated carbocycles. The highest BCUT2D eigenvalue weighted by Gasteiger charge is 2.52. The van der Waals surface area contributed by atoms with Gasteiger partial charge in [0.25, 0.3) is 0 Å². The topological polar surface area (TPSA) is 53.0 Å². The van der Waals surface area contributed by atoms with E-state index in [-0.39, 0.29) is 23.9 Å². The predicted octanol–water partition coefficient (Wildman–Crippen LogP) is 5.42. The normalized spacial score (nSPS) is 33.1. The number of aliphatic hydroxyl groups is 1. The minimum absolute atomic E-state index is 0.115. The Morgan fingerprint density at radius 1 is 1.17 bits per heavy atom. The van der Waals surface area contributed by atoms with Gasteiger partial charge in [0.2, 0.25) is 0 Å². The van der Waals surface area contributed by atoms with Crippen molar-refractivity contribution in [3.63, 3.8) is 0 Å². The van der Waals surface area contributed by atoms with Gasteiger partial charge in [-0.05, 0) is 60.8 Å². The van der Waals surface area contributed by atoms with Gasteiger partial charge in [-0.25, -0.2) is 0 Å². The number of halogens is 2. The van der Waals surface area contributed by atoms with Crippen LogP contribution in [0.25, 0.3) is 0 Å². The summed E-state index contributed by atoms with van der Waals surface area (Å²) in [5.41, 5.74) is 1.47. The van der Waals surface area contributed by atoms with Crippen LogP contribution in [0.5, 0.6) is 0 Å². The van der Waals surface area contributed by atoms with Crippen molar-refractivity contribution in [1.82, 2.24) is 9.80 Å². The molecule has 0 unspecified atom stereocenters. The second kappa shape index (κ2) is 11.1. The highest BCUT2D eigenvalue weighted by molar-refractivity contribution is 6.42. The number of nitrogens with zero attached hydrogens (tertiary/aromatic N) is 2. The predicted molar refractivity (Wildman–Crippen MR) is 142 cm³/mol. The first-order chi connectivity index (χ1) is 16.6. The number of carbonyl (C=O) groups is 1. The lowest BCUT2D eigenvalue weighted by Gasteiger charge is -2.53. The Labute approximate surface area is 220 Å². The lowest BCUT2D eigenvalue weighted by atomic mass is 9.57. The molecule has 1 heterocycles. The maximum atomic E-state index is 11.8. The molecule has 35 heavy (non-hydrogen) atoms. The first-order valence-corrected chi connectivity index (χ1v) is 13.8. The molecule has 0 aromatic heterocycles. The van der Waals surface area contributed by atoms with Crippen molar-refractivity contribution in [2.75, 3.05) is 32.7 Å². The van der Waals surface area contributed by atoms with Gasteiger partial charge in [-0.2, -0.15) is 0 Å². The summed E-state index contributed by atoms with van der Waals surface area (Å²) in [6, 6.07) is 5.90. The summed E-state index contributed by atoms with van der Waals surface area (Å²) in [5.74, 6) is 0.942. The van der Waals surface area contributed by atoms with Crippen molar-refractivity contribution in [3.8, 4) is 0 Å². The van der Waals surface area contributed by atoms with E-state index in [4.69, 9.17) is 27.9 Å². The van der Waals surface area contributed by atoms with Crippen molar-refractivity contribution in [3.05, 3.63) is 45.5 Å². The molecular weight excluding hydrogens is 483 g/mol. The molecule has 3 aliphatic rings. The van der Waals surface area contributed by atoms with E-state index in [1.165, 1.54) is 12.5 Å². The van der Waals surface area contributed by atoms with E-state index in [2.05, 4.69) is 35.8 Å². The number of piperazine rings is 1. The third-order valence-electron chi connectivity index (χ3n) is 8.73. The molecule has 0 amide bonds. The third-order valence-corrected chi connectivity index (χ3v) is 9.47.